The normalized spacial score (nSPS) is 11.9. The molecule has 0 atom stereocenters. The predicted molar refractivity (Wildman–Crippen MR) is 102 cm³/mol. The molecule has 0 spiro atoms. The second-order valence-corrected chi connectivity index (χ2v) is 8.95. The van der Waals surface area contributed by atoms with Crippen molar-refractivity contribution in [2.24, 2.45) is 0 Å². The molecular weight excluding hydrogens is 422 g/mol. The maximum Gasteiger partial charge on any atom is 0.270 e. The van der Waals surface area contributed by atoms with Gasteiger partial charge in [0.05, 0.1) is 21.4 Å². The smallest absolute Gasteiger partial charge is 0.241 e. The van der Waals surface area contributed by atoms with Gasteiger partial charge in [0.1, 0.15) is 5.69 Å². The summed E-state index contributed by atoms with van der Waals surface area (Å²) in [7, 11) is -3.81. The van der Waals surface area contributed by atoms with Crippen LogP contribution in [0.1, 0.15) is 5.56 Å². The van der Waals surface area contributed by atoms with Gasteiger partial charge in [-0.05, 0) is 37.3 Å². The van der Waals surface area contributed by atoms with Gasteiger partial charge in [-0.1, -0.05) is 33.6 Å². The number of thiazole rings is 1. The molecule has 4 rings (SSSR count). The first-order chi connectivity index (χ1) is 12.0. The zero-order chi connectivity index (χ0) is 17.6. The summed E-state index contributed by atoms with van der Waals surface area (Å²) in [5, 5.41) is 1.79. The zero-order valence-electron chi connectivity index (χ0n) is 13.0. The summed E-state index contributed by atoms with van der Waals surface area (Å²) in [5.74, 6) is 0.315. The third-order valence-electron chi connectivity index (χ3n) is 3.80. The standard InChI is InChI=1S/C17H12BrN3O2S2/c1-11-2-5-13(6-3-11)25(22,23)21-16-7-4-12(18)8-14(16)20-17(21)15-9-24-10-19-15/h2-10H,1H3. The molecule has 0 bridgehead atoms. The average Bonchev–Trinajstić information content (AvgIpc) is 3.22. The lowest BCUT2D eigenvalue weighted by Crippen LogP contribution is -2.14. The van der Waals surface area contributed by atoms with Crippen LogP contribution in [-0.2, 0) is 10.0 Å². The van der Waals surface area contributed by atoms with E-state index in [0.29, 0.717) is 22.6 Å². The molecule has 0 unspecified atom stereocenters. The minimum Gasteiger partial charge on any atom is -0.241 e. The molecule has 0 aliphatic heterocycles. The molecule has 0 aliphatic carbocycles. The summed E-state index contributed by atoms with van der Waals surface area (Å²) in [6.07, 6.45) is 0. The van der Waals surface area contributed by atoms with Crippen molar-refractivity contribution >= 4 is 48.3 Å². The molecule has 0 saturated heterocycles. The first kappa shape index (κ1) is 16.4. The number of nitrogens with zero attached hydrogens (tertiary/aromatic N) is 3. The van der Waals surface area contributed by atoms with E-state index in [-0.39, 0.29) is 4.90 Å². The van der Waals surface area contributed by atoms with Crippen molar-refractivity contribution < 1.29 is 8.42 Å². The van der Waals surface area contributed by atoms with E-state index in [1.54, 1.807) is 53.4 Å². The molecule has 126 valence electrons. The van der Waals surface area contributed by atoms with Crippen LogP contribution < -0.4 is 0 Å². The number of halogens is 1. The van der Waals surface area contributed by atoms with Crippen LogP contribution in [0.4, 0.5) is 0 Å². The lowest BCUT2D eigenvalue weighted by atomic mass is 10.2. The molecule has 2 heterocycles. The fraction of sp³-hybridized carbons (Fsp3) is 0.0588. The fourth-order valence-corrected chi connectivity index (χ4v) is 4.92. The Morgan fingerprint density at radius 1 is 1.12 bits per heavy atom. The first-order valence-corrected chi connectivity index (χ1v) is 10.5. The number of aromatic nitrogens is 3. The zero-order valence-corrected chi connectivity index (χ0v) is 16.3. The summed E-state index contributed by atoms with van der Waals surface area (Å²) in [6.45, 7) is 1.92. The Balaban J connectivity index is 2.05. The number of rotatable bonds is 3. The predicted octanol–water partition coefficient (Wildman–Crippen LogP) is 4.47. The lowest BCUT2D eigenvalue weighted by Gasteiger charge is -2.10. The van der Waals surface area contributed by atoms with Crippen LogP contribution >= 0.6 is 27.3 Å². The van der Waals surface area contributed by atoms with Crippen molar-refractivity contribution in [1.82, 2.24) is 13.9 Å². The van der Waals surface area contributed by atoms with E-state index in [2.05, 4.69) is 25.9 Å². The van der Waals surface area contributed by atoms with Crippen molar-refractivity contribution in [1.29, 1.82) is 0 Å². The van der Waals surface area contributed by atoms with Crippen molar-refractivity contribution in [3.8, 4) is 11.5 Å². The average molecular weight is 434 g/mol. The van der Waals surface area contributed by atoms with Crippen LogP contribution in [0.15, 0.2) is 62.7 Å². The van der Waals surface area contributed by atoms with Crippen molar-refractivity contribution in [3.63, 3.8) is 0 Å². The Morgan fingerprint density at radius 3 is 2.56 bits per heavy atom. The topological polar surface area (TPSA) is 64.8 Å². The quantitative estimate of drug-likeness (QED) is 0.477. The van der Waals surface area contributed by atoms with E-state index in [9.17, 15) is 8.42 Å². The van der Waals surface area contributed by atoms with Gasteiger partial charge in [0.25, 0.3) is 10.0 Å². The van der Waals surface area contributed by atoms with Gasteiger partial charge in [-0.3, -0.25) is 0 Å². The number of hydrogen-bond donors (Lipinski definition) is 0. The third kappa shape index (κ3) is 2.80. The molecule has 0 amide bonds. The molecule has 0 fully saturated rings. The van der Waals surface area contributed by atoms with E-state index in [4.69, 9.17) is 0 Å². The third-order valence-corrected chi connectivity index (χ3v) is 6.59. The summed E-state index contributed by atoms with van der Waals surface area (Å²) in [5.41, 5.74) is 4.30. The SMILES string of the molecule is Cc1ccc(S(=O)(=O)n2c(-c3cscn3)nc3cc(Br)ccc32)cc1. The van der Waals surface area contributed by atoms with Gasteiger partial charge in [0, 0.05) is 9.85 Å². The Hall–Kier alpha value is -2.03. The van der Waals surface area contributed by atoms with Crippen molar-refractivity contribution in [2.45, 2.75) is 11.8 Å². The second kappa shape index (κ2) is 6.05. The molecule has 4 aromatic rings. The highest BCUT2D eigenvalue weighted by molar-refractivity contribution is 9.10. The molecule has 2 aromatic heterocycles. The lowest BCUT2D eigenvalue weighted by molar-refractivity contribution is 0.589. The van der Waals surface area contributed by atoms with Gasteiger partial charge in [-0.25, -0.2) is 22.4 Å². The number of fused-ring (bicyclic) bond motifs is 1. The van der Waals surface area contributed by atoms with Crippen LogP contribution in [0, 0.1) is 6.92 Å². The van der Waals surface area contributed by atoms with Crippen LogP contribution in [0.5, 0.6) is 0 Å². The Labute approximate surface area is 157 Å². The summed E-state index contributed by atoms with van der Waals surface area (Å²) in [6, 6.07) is 12.1. The number of aryl methyl sites for hydroxylation is 1. The summed E-state index contributed by atoms with van der Waals surface area (Å²) < 4.78 is 28.7. The van der Waals surface area contributed by atoms with E-state index in [0.717, 1.165) is 10.0 Å². The minimum absolute atomic E-state index is 0.219. The Morgan fingerprint density at radius 2 is 1.88 bits per heavy atom. The Bertz CT molecular complexity index is 1160. The molecular formula is C17H12BrN3O2S2. The summed E-state index contributed by atoms with van der Waals surface area (Å²) >= 11 is 4.80. The van der Waals surface area contributed by atoms with E-state index < -0.39 is 10.0 Å². The maximum atomic E-state index is 13.3. The fourth-order valence-electron chi connectivity index (χ4n) is 2.57. The van der Waals surface area contributed by atoms with Gasteiger partial charge >= 0.3 is 0 Å². The second-order valence-electron chi connectivity index (χ2n) is 5.52. The molecule has 2 aromatic carbocycles. The van der Waals surface area contributed by atoms with Crippen molar-refractivity contribution in [3.05, 3.63) is 63.4 Å². The van der Waals surface area contributed by atoms with Crippen LogP contribution in [-0.4, -0.2) is 22.4 Å². The number of benzene rings is 2. The molecule has 0 saturated carbocycles. The minimum atomic E-state index is -3.81. The molecule has 0 N–H and O–H groups in total. The Kier molecular flexibility index (Phi) is 3.98. The monoisotopic (exact) mass is 433 g/mol. The van der Waals surface area contributed by atoms with Gasteiger partial charge in [0.15, 0.2) is 5.82 Å². The molecule has 0 radical (unpaired) electrons. The van der Waals surface area contributed by atoms with Gasteiger partial charge in [0.2, 0.25) is 0 Å². The molecule has 25 heavy (non-hydrogen) atoms. The number of hydrogen-bond acceptors (Lipinski definition) is 5. The maximum absolute atomic E-state index is 13.3. The van der Waals surface area contributed by atoms with E-state index in [1.165, 1.54) is 15.3 Å². The first-order valence-electron chi connectivity index (χ1n) is 7.35. The highest BCUT2D eigenvalue weighted by atomic mass is 79.9. The van der Waals surface area contributed by atoms with Gasteiger partial charge in [-0.15, -0.1) is 11.3 Å². The highest BCUT2D eigenvalue weighted by Crippen LogP contribution is 2.30. The van der Waals surface area contributed by atoms with Gasteiger partial charge in [-0.2, -0.15) is 0 Å². The molecule has 5 nitrogen and oxygen atoms in total. The van der Waals surface area contributed by atoms with E-state index >= 15 is 0 Å². The van der Waals surface area contributed by atoms with Crippen LogP contribution in [0.2, 0.25) is 0 Å². The largest absolute Gasteiger partial charge is 0.270 e. The molecule has 0 aliphatic rings. The molecule has 8 heteroatoms. The highest BCUT2D eigenvalue weighted by Gasteiger charge is 2.26. The van der Waals surface area contributed by atoms with Gasteiger partial charge < -0.3 is 0 Å². The van der Waals surface area contributed by atoms with Crippen LogP contribution in [0.25, 0.3) is 22.6 Å². The number of imidazole rings is 1. The van der Waals surface area contributed by atoms with Crippen molar-refractivity contribution in [2.75, 3.05) is 0 Å². The van der Waals surface area contributed by atoms with E-state index in [1.807, 2.05) is 6.92 Å². The summed E-state index contributed by atoms with van der Waals surface area (Å²) in [4.78, 5) is 8.99. The van der Waals surface area contributed by atoms with Crippen LogP contribution in [0.3, 0.4) is 0 Å².